The number of hydrogen-bond donors (Lipinski definition) is 1. The van der Waals surface area contributed by atoms with Gasteiger partial charge in [0.2, 0.25) is 10.0 Å². The molecule has 1 heterocycles. The Morgan fingerprint density at radius 2 is 2.18 bits per heavy atom. The van der Waals surface area contributed by atoms with Crippen molar-refractivity contribution in [3.8, 4) is 0 Å². The molecule has 0 saturated heterocycles. The van der Waals surface area contributed by atoms with Crippen LogP contribution in [0.15, 0.2) is 24.3 Å². The third-order valence-electron chi connectivity index (χ3n) is 2.68. The van der Waals surface area contributed by atoms with Crippen molar-refractivity contribution in [2.75, 3.05) is 42.2 Å². The molecule has 0 amide bonds. The van der Waals surface area contributed by atoms with Gasteiger partial charge in [-0.25, -0.2) is 8.42 Å². The summed E-state index contributed by atoms with van der Waals surface area (Å²) in [5.74, 6) is 0.0117. The third-order valence-corrected chi connectivity index (χ3v) is 4.42. The Morgan fingerprint density at radius 1 is 1.41 bits per heavy atom. The van der Waals surface area contributed by atoms with Crippen LogP contribution in [0.5, 0.6) is 0 Å². The van der Waals surface area contributed by atoms with Crippen LogP contribution in [0.1, 0.15) is 0 Å². The van der Waals surface area contributed by atoms with Crippen molar-refractivity contribution in [2.24, 2.45) is 0 Å². The summed E-state index contributed by atoms with van der Waals surface area (Å²) in [7, 11) is -1.79. The molecule has 0 bridgehead atoms. The highest BCUT2D eigenvalue weighted by Crippen LogP contribution is 2.30. The summed E-state index contributed by atoms with van der Waals surface area (Å²) in [6.45, 7) is 1.31. The van der Waals surface area contributed by atoms with E-state index in [1.807, 2.05) is 24.3 Å². The molecule has 6 heteroatoms. The number of rotatable bonds is 4. The third kappa shape index (κ3) is 2.53. The van der Waals surface area contributed by atoms with E-state index in [0.717, 1.165) is 11.4 Å². The van der Waals surface area contributed by atoms with Gasteiger partial charge in [-0.3, -0.25) is 4.31 Å². The molecular weight excluding hydrogens is 240 g/mol. The predicted octanol–water partition coefficient (Wildman–Crippen LogP) is 0.895. The fourth-order valence-corrected chi connectivity index (χ4v) is 3.27. The molecule has 2 rings (SSSR count). The molecule has 0 saturated carbocycles. The minimum atomic E-state index is -3.29. The van der Waals surface area contributed by atoms with Crippen molar-refractivity contribution in [3.63, 3.8) is 0 Å². The smallest absolute Gasteiger partial charge is 0.237 e. The lowest BCUT2D eigenvalue weighted by Crippen LogP contribution is -2.40. The maximum Gasteiger partial charge on any atom is 0.237 e. The minimum absolute atomic E-state index is 0.0117. The Bertz CT molecular complexity index is 487. The van der Waals surface area contributed by atoms with Crippen LogP contribution >= 0.6 is 0 Å². The van der Waals surface area contributed by atoms with Crippen molar-refractivity contribution in [1.82, 2.24) is 0 Å². The Kier molecular flexibility index (Phi) is 3.54. The van der Waals surface area contributed by atoms with Gasteiger partial charge in [0.1, 0.15) is 0 Å². The van der Waals surface area contributed by atoms with Gasteiger partial charge >= 0.3 is 0 Å². The number of nitrogens with zero attached hydrogens (tertiary/aromatic N) is 1. The van der Waals surface area contributed by atoms with E-state index >= 15 is 0 Å². The van der Waals surface area contributed by atoms with E-state index in [0.29, 0.717) is 13.1 Å². The number of anilines is 2. The molecule has 1 aliphatic heterocycles. The van der Waals surface area contributed by atoms with Gasteiger partial charge in [-0.15, -0.1) is 0 Å². The quantitative estimate of drug-likeness (QED) is 0.869. The van der Waals surface area contributed by atoms with E-state index in [4.69, 9.17) is 4.74 Å². The number of nitrogens with one attached hydrogen (secondary N) is 1. The van der Waals surface area contributed by atoms with Crippen LogP contribution in [0.25, 0.3) is 0 Å². The average molecular weight is 256 g/mol. The first kappa shape index (κ1) is 12.2. The van der Waals surface area contributed by atoms with Gasteiger partial charge in [0, 0.05) is 13.7 Å². The van der Waals surface area contributed by atoms with Crippen molar-refractivity contribution in [1.29, 1.82) is 0 Å². The molecule has 1 aromatic carbocycles. The Balaban J connectivity index is 2.29. The fourth-order valence-electron chi connectivity index (χ4n) is 1.84. The van der Waals surface area contributed by atoms with Crippen LogP contribution in [-0.4, -0.2) is 41.0 Å². The molecule has 1 N–H and O–H groups in total. The van der Waals surface area contributed by atoms with Crippen molar-refractivity contribution in [2.45, 2.75) is 0 Å². The topological polar surface area (TPSA) is 58.6 Å². The molecule has 0 spiro atoms. The van der Waals surface area contributed by atoms with E-state index in [-0.39, 0.29) is 12.4 Å². The van der Waals surface area contributed by atoms with Crippen LogP contribution in [0.3, 0.4) is 0 Å². The Morgan fingerprint density at radius 3 is 2.94 bits per heavy atom. The largest absolute Gasteiger partial charge is 0.384 e. The van der Waals surface area contributed by atoms with Gasteiger partial charge in [0.25, 0.3) is 0 Å². The first-order chi connectivity index (χ1) is 8.15. The van der Waals surface area contributed by atoms with Crippen LogP contribution in [0.2, 0.25) is 0 Å². The molecule has 0 fully saturated rings. The molecule has 0 radical (unpaired) electrons. The summed E-state index contributed by atoms with van der Waals surface area (Å²) in [4.78, 5) is 0. The Hall–Kier alpha value is -1.27. The van der Waals surface area contributed by atoms with Gasteiger partial charge in [0.05, 0.1) is 30.3 Å². The highest BCUT2D eigenvalue weighted by molar-refractivity contribution is 7.92. The molecule has 5 nitrogen and oxygen atoms in total. The summed E-state index contributed by atoms with van der Waals surface area (Å²) >= 11 is 0. The monoisotopic (exact) mass is 256 g/mol. The lowest BCUT2D eigenvalue weighted by molar-refractivity contribution is 0.217. The molecule has 17 heavy (non-hydrogen) atoms. The van der Waals surface area contributed by atoms with Gasteiger partial charge in [-0.05, 0) is 12.1 Å². The number of fused-ring (bicyclic) bond motifs is 1. The SMILES string of the molecule is COCCS(=O)(=O)N1CCNc2ccccc21. The summed E-state index contributed by atoms with van der Waals surface area (Å²) in [5, 5.41) is 3.18. The van der Waals surface area contributed by atoms with Gasteiger partial charge in [-0.2, -0.15) is 0 Å². The van der Waals surface area contributed by atoms with E-state index < -0.39 is 10.0 Å². The zero-order valence-corrected chi connectivity index (χ0v) is 10.5. The molecule has 1 aromatic rings. The first-order valence-corrected chi connectivity index (χ1v) is 7.08. The Labute approximate surface area is 101 Å². The van der Waals surface area contributed by atoms with Crippen molar-refractivity contribution in [3.05, 3.63) is 24.3 Å². The van der Waals surface area contributed by atoms with Crippen LogP contribution < -0.4 is 9.62 Å². The van der Waals surface area contributed by atoms with Crippen molar-refractivity contribution >= 4 is 21.4 Å². The predicted molar refractivity (Wildman–Crippen MR) is 67.9 cm³/mol. The number of para-hydroxylation sites is 2. The molecule has 0 aromatic heterocycles. The second kappa shape index (κ2) is 4.93. The summed E-state index contributed by atoms with van der Waals surface area (Å²) in [6.07, 6.45) is 0. The normalized spacial score (nSPS) is 15.2. The number of methoxy groups -OCH3 is 1. The highest BCUT2D eigenvalue weighted by Gasteiger charge is 2.26. The summed E-state index contributed by atoms with van der Waals surface area (Å²) < 4.78 is 30.5. The zero-order chi connectivity index (χ0) is 12.3. The van der Waals surface area contributed by atoms with Crippen LogP contribution in [0, 0.1) is 0 Å². The highest BCUT2D eigenvalue weighted by atomic mass is 32.2. The maximum atomic E-state index is 12.1. The number of hydrogen-bond acceptors (Lipinski definition) is 4. The molecule has 0 aliphatic carbocycles. The molecular formula is C11H16N2O3S. The van der Waals surface area contributed by atoms with E-state index in [1.54, 1.807) is 0 Å². The molecule has 94 valence electrons. The lowest BCUT2D eigenvalue weighted by atomic mass is 10.2. The molecule has 0 atom stereocenters. The number of sulfonamides is 1. The van der Waals surface area contributed by atoms with Gasteiger partial charge in [0.15, 0.2) is 0 Å². The van der Waals surface area contributed by atoms with E-state index in [9.17, 15) is 8.42 Å². The minimum Gasteiger partial charge on any atom is -0.384 e. The first-order valence-electron chi connectivity index (χ1n) is 5.47. The zero-order valence-electron chi connectivity index (χ0n) is 9.72. The molecule has 0 unspecified atom stereocenters. The maximum absolute atomic E-state index is 12.1. The number of ether oxygens (including phenoxy) is 1. The number of benzene rings is 1. The van der Waals surface area contributed by atoms with Crippen LogP contribution in [-0.2, 0) is 14.8 Å². The fraction of sp³-hybridized carbons (Fsp3) is 0.455. The van der Waals surface area contributed by atoms with Crippen LogP contribution in [0.4, 0.5) is 11.4 Å². The van der Waals surface area contributed by atoms with Crippen molar-refractivity contribution < 1.29 is 13.2 Å². The summed E-state index contributed by atoms with van der Waals surface area (Å²) in [6, 6.07) is 7.42. The van der Waals surface area contributed by atoms with E-state index in [2.05, 4.69) is 5.32 Å². The van der Waals surface area contributed by atoms with Gasteiger partial charge in [-0.1, -0.05) is 12.1 Å². The standard InChI is InChI=1S/C11H16N2O3S/c1-16-8-9-17(14,15)13-7-6-12-10-4-2-3-5-11(10)13/h2-5,12H,6-9H2,1H3. The molecule has 1 aliphatic rings. The average Bonchev–Trinajstić information content (AvgIpc) is 2.36. The van der Waals surface area contributed by atoms with E-state index in [1.165, 1.54) is 11.4 Å². The van der Waals surface area contributed by atoms with Gasteiger partial charge < -0.3 is 10.1 Å². The summed E-state index contributed by atoms with van der Waals surface area (Å²) in [5.41, 5.74) is 1.58. The second-order valence-corrected chi connectivity index (χ2v) is 5.84. The second-order valence-electron chi connectivity index (χ2n) is 3.82. The lowest BCUT2D eigenvalue weighted by Gasteiger charge is -2.31.